The third-order valence-electron chi connectivity index (χ3n) is 2.44. The smallest absolute Gasteiger partial charge is 0.358 e. The molecule has 1 N–H and O–H groups in total. The lowest BCUT2D eigenvalue weighted by Gasteiger charge is -1.98. The molecule has 0 saturated carbocycles. The van der Waals surface area contributed by atoms with Crippen LogP contribution in [0.5, 0.6) is 0 Å². The largest absolute Gasteiger partial charge is 0.464 e. The molecular formula is C9H12N2O2. The van der Waals surface area contributed by atoms with Crippen LogP contribution in [0.4, 0.5) is 0 Å². The van der Waals surface area contributed by atoms with Crippen molar-refractivity contribution in [1.29, 1.82) is 0 Å². The highest BCUT2D eigenvalue weighted by molar-refractivity contribution is 5.89. The molecule has 4 heteroatoms. The molecule has 0 fully saturated rings. The minimum atomic E-state index is -0.341. The van der Waals surface area contributed by atoms with Gasteiger partial charge in [-0.05, 0) is 18.8 Å². The number of aromatic nitrogens is 2. The van der Waals surface area contributed by atoms with E-state index in [4.69, 9.17) is 0 Å². The number of methoxy groups -OCH3 is 1. The molecule has 0 saturated heterocycles. The van der Waals surface area contributed by atoms with Gasteiger partial charge in [0.2, 0.25) is 0 Å². The van der Waals surface area contributed by atoms with E-state index >= 15 is 0 Å². The number of hydrogen-bond acceptors (Lipinski definition) is 3. The van der Waals surface area contributed by atoms with Gasteiger partial charge in [0.25, 0.3) is 0 Å². The lowest BCUT2D eigenvalue weighted by atomic mass is 10.1. The van der Waals surface area contributed by atoms with Crippen molar-refractivity contribution in [2.75, 3.05) is 7.11 Å². The number of nitrogens with zero attached hydrogens (tertiary/aromatic N) is 1. The normalized spacial score (nSPS) is 20.0. The van der Waals surface area contributed by atoms with Crippen LogP contribution in [-0.4, -0.2) is 23.3 Å². The molecule has 1 aromatic heterocycles. The molecule has 0 aromatic carbocycles. The van der Waals surface area contributed by atoms with Crippen molar-refractivity contribution >= 4 is 5.97 Å². The Labute approximate surface area is 76.3 Å². The first-order valence-electron chi connectivity index (χ1n) is 4.36. The molecule has 1 aliphatic rings. The predicted molar refractivity (Wildman–Crippen MR) is 46.5 cm³/mol. The number of carbonyl (C=O) groups excluding carboxylic acids is 1. The number of carbonyl (C=O) groups is 1. The van der Waals surface area contributed by atoms with Crippen molar-refractivity contribution in [3.05, 3.63) is 17.0 Å². The van der Waals surface area contributed by atoms with Crippen molar-refractivity contribution in [1.82, 2.24) is 10.2 Å². The lowest BCUT2D eigenvalue weighted by molar-refractivity contribution is 0.0592. The van der Waals surface area contributed by atoms with Gasteiger partial charge in [-0.1, -0.05) is 6.92 Å². The Morgan fingerprint density at radius 1 is 1.62 bits per heavy atom. The van der Waals surface area contributed by atoms with Crippen LogP contribution < -0.4 is 0 Å². The second-order valence-electron chi connectivity index (χ2n) is 3.53. The minimum Gasteiger partial charge on any atom is -0.464 e. The molecule has 0 bridgehead atoms. The van der Waals surface area contributed by atoms with Crippen LogP contribution in [0, 0.1) is 5.92 Å². The highest BCUT2D eigenvalue weighted by Crippen LogP contribution is 2.27. The van der Waals surface area contributed by atoms with Crippen molar-refractivity contribution in [2.24, 2.45) is 5.92 Å². The number of rotatable bonds is 1. The number of aromatic amines is 1. The Morgan fingerprint density at radius 2 is 2.38 bits per heavy atom. The predicted octanol–water partition coefficient (Wildman–Crippen LogP) is 0.931. The monoisotopic (exact) mass is 180 g/mol. The summed E-state index contributed by atoms with van der Waals surface area (Å²) in [5.74, 6) is 0.263. The van der Waals surface area contributed by atoms with Crippen LogP contribution in [0.15, 0.2) is 0 Å². The molecule has 0 radical (unpaired) electrons. The van der Waals surface area contributed by atoms with E-state index in [0.717, 1.165) is 24.1 Å². The van der Waals surface area contributed by atoms with Gasteiger partial charge in [-0.3, -0.25) is 5.10 Å². The molecule has 1 unspecified atom stereocenters. The fourth-order valence-electron chi connectivity index (χ4n) is 1.82. The summed E-state index contributed by atoms with van der Waals surface area (Å²) >= 11 is 0. The van der Waals surface area contributed by atoms with E-state index in [-0.39, 0.29) is 5.97 Å². The number of hydrogen-bond donors (Lipinski definition) is 1. The van der Waals surface area contributed by atoms with Crippen molar-refractivity contribution in [3.63, 3.8) is 0 Å². The van der Waals surface area contributed by atoms with Gasteiger partial charge in [-0.15, -0.1) is 0 Å². The third kappa shape index (κ3) is 1.22. The summed E-state index contributed by atoms with van der Waals surface area (Å²) in [5.41, 5.74) is 2.59. The fraction of sp³-hybridized carbons (Fsp3) is 0.556. The third-order valence-corrected chi connectivity index (χ3v) is 2.44. The van der Waals surface area contributed by atoms with Gasteiger partial charge in [-0.2, -0.15) is 5.10 Å². The average molecular weight is 180 g/mol. The molecular weight excluding hydrogens is 168 g/mol. The van der Waals surface area contributed by atoms with Crippen molar-refractivity contribution < 1.29 is 9.53 Å². The number of esters is 1. The summed E-state index contributed by atoms with van der Waals surface area (Å²) in [7, 11) is 1.38. The summed E-state index contributed by atoms with van der Waals surface area (Å²) in [6, 6.07) is 0. The maximum atomic E-state index is 11.2. The fourth-order valence-corrected chi connectivity index (χ4v) is 1.82. The Bertz CT molecular complexity index is 343. The lowest BCUT2D eigenvalue weighted by Crippen LogP contribution is -2.05. The number of nitrogens with one attached hydrogen (secondary N) is 1. The van der Waals surface area contributed by atoms with E-state index in [1.54, 1.807) is 0 Å². The molecule has 1 aliphatic carbocycles. The first-order valence-corrected chi connectivity index (χ1v) is 4.36. The van der Waals surface area contributed by atoms with E-state index in [0.29, 0.717) is 11.6 Å². The highest BCUT2D eigenvalue weighted by atomic mass is 16.5. The second kappa shape index (κ2) is 2.87. The van der Waals surface area contributed by atoms with Crippen molar-refractivity contribution in [3.8, 4) is 0 Å². The Hall–Kier alpha value is -1.32. The van der Waals surface area contributed by atoms with Crippen LogP contribution >= 0.6 is 0 Å². The first kappa shape index (κ1) is 8.29. The van der Waals surface area contributed by atoms with Crippen LogP contribution in [0.2, 0.25) is 0 Å². The second-order valence-corrected chi connectivity index (χ2v) is 3.53. The van der Waals surface area contributed by atoms with Gasteiger partial charge in [0.1, 0.15) is 0 Å². The molecule has 13 heavy (non-hydrogen) atoms. The van der Waals surface area contributed by atoms with E-state index in [2.05, 4.69) is 21.9 Å². The Morgan fingerprint density at radius 3 is 3.08 bits per heavy atom. The quantitative estimate of drug-likeness (QED) is 0.654. The standard InChI is InChI=1S/C9H12N2O2/c1-5-3-6-7(4-5)10-11-8(6)9(12)13-2/h5H,3-4H2,1-2H3,(H,10,11). The molecule has 4 nitrogen and oxygen atoms in total. The first-order chi connectivity index (χ1) is 6.22. The zero-order valence-electron chi connectivity index (χ0n) is 7.76. The summed E-state index contributed by atoms with van der Waals surface area (Å²) in [6.07, 6.45) is 1.91. The molecule has 1 atom stereocenters. The summed E-state index contributed by atoms with van der Waals surface area (Å²) in [6.45, 7) is 2.16. The molecule has 1 aromatic rings. The number of H-pyrrole nitrogens is 1. The van der Waals surface area contributed by atoms with Gasteiger partial charge >= 0.3 is 5.97 Å². The van der Waals surface area contributed by atoms with E-state index in [1.165, 1.54) is 7.11 Å². The van der Waals surface area contributed by atoms with Gasteiger partial charge in [-0.25, -0.2) is 4.79 Å². The zero-order chi connectivity index (χ0) is 9.42. The maximum Gasteiger partial charge on any atom is 0.358 e. The topological polar surface area (TPSA) is 55.0 Å². The SMILES string of the molecule is COC(=O)c1n[nH]c2c1CC(C)C2. The zero-order valence-corrected chi connectivity index (χ0v) is 7.76. The van der Waals surface area contributed by atoms with Gasteiger partial charge < -0.3 is 4.74 Å². The van der Waals surface area contributed by atoms with Gasteiger partial charge in [0, 0.05) is 11.3 Å². The van der Waals surface area contributed by atoms with Crippen LogP contribution in [0.1, 0.15) is 28.7 Å². The molecule has 0 amide bonds. The van der Waals surface area contributed by atoms with Gasteiger partial charge in [0.05, 0.1) is 7.11 Å². The molecule has 1 heterocycles. The molecule has 0 aliphatic heterocycles. The number of fused-ring (bicyclic) bond motifs is 1. The van der Waals surface area contributed by atoms with E-state index in [9.17, 15) is 4.79 Å². The molecule has 70 valence electrons. The maximum absolute atomic E-state index is 11.2. The van der Waals surface area contributed by atoms with E-state index in [1.807, 2.05) is 0 Å². The Balaban J connectivity index is 2.35. The summed E-state index contributed by atoms with van der Waals surface area (Å²) < 4.78 is 4.63. The van der Waals surface area contributed by atoms with E-state index < -0.39 is 0 Å². The van der Waals surface area contributed by atoms with Crippen LogP contribution in [0.3, 0.4) is 0 Å². The van der Waals surface area contributed by atoms with Crippen molar-refractivity contribution in [2.45, 2.75) is 19.8 Å². The van der Waals surface area contributed by atoms with Crippen LogP contribution in [0.25, 0.3) is 0 Å². The molecule has 2 rings (SSSR count). The number of ether oxygens (including phenoxy) is 1. The summed E-state index contributed by atoms with van der Waals surface area (Å²) in [4.78, 5) is 11.2. The van der Waals surface area contributed by atoms with Gasteiger partial charge in [0.15, 0.2) is 5.69 Å². The van der Waals surface area contributed by atoms with Crippen LogP contribution in [-0.2, 0) is 17.6 Å². The highest BCUT2D eigenvalue weighted by Gasteiger charge is 2.27. The Kier molecular flexibility index (Phi) is 1.83. The summed E-state index contributed by atoms with van der Waals surface area (Å²) in [5, 5.41) is 6.82. The minimum absolute atomic E-state index is 0.341. The molecule has 0 spiro atoms. The average Bonchev–Trinajstić information content (AvgIpc) is 2.61.